The molecule has 0 spiro atoms. The van der Waals surface area contributed by atoms with Crippen LogP contribution in [0.3, 0.4) is 0 Å². The molecule has 28 heavy (non-hydrogen) atoms. The van der Waals surface area contributed by atoms with E-state index in [-0.39, 0.29) is 16.1 Å². The summed E-state index contributed by atoms with van der Waals surface area (Å²) < 4.78 is 13.4. The zero-order chi connectivity index (χ0) is 20.2. The summed E-state index contributed by atoms with van der Waals surface area (Å²) in [5, 5.41) is 3.45. The van der Waals surface area contributed by atoms with E-state index in [2.05, 4.69) is 41.2 Å². The highest BCUT2D eigenvalue weighted by atomic mass is 32.1. The fraction of sp³-hybridized carbons (Fsp3) is 0.591. The summed E-state index contributed by atoms with van der Waals surface area (Å²) in [5.41, 5.74) is 8.11. The highest BCUT2D eigenvalue weighted by Gasteiger charge is 2.43. The standard InChI is InChI=1S/C22H33FN4S/c1-17-4-5-18(14-26-17)21(2,3)27-13-10-22(16-27,15-25-12-11-24)9-8-19-6-7-20(23)28-19/h4-7,14,25H,8-13,15-16,24H2,1-3H3. The van der Waals surface area contributed by atoms with Crippen molar-refractivity contribution in [2.24, 2.45) is 11.1 Å². The minimum atomic E-state index is -0.0913. The molecular weight excluding hydrogens is 371 g/mol. The molecule has 1 fully saturated rings. The molecule has 154 valence electrons. The molecule has 4 nitrogen and oxygen atoms in total. The number of thiophene rings is 1. The van der Waals surface area contributed by atoms with E-state index in [4.69, 9.17) is 5.73 Å². The summed E-state index contributed by atoms with van der Waals surface area (Å²) in [6.45, 7) is 11.1. The maximum absolute atomic E-state index is 13.4. The van der Waals surface area contributed by atoms with E-state index in [0.29, 0.717) is 6.54 Å². The van der Waals surface area contributed by atoms with E-state index in [0.717, 1.165) is 56.0 Å². The number of nitrogens with two attached hydrogens (primary N) is 1. The molecule has 0 aliphatic carbocycles. The van der Waals surface area contributed by atoms with Crippen molar-refractivity contribution in [2.75, 3.05) is 32.7 Å². The van der Waals surface area contributed by atoms with Gasteiger partial charge in [0.1, 0.15) is 0 Å². The number of nitrogens with zero attached hydrogens (tertiary/aromatic N) is 2. The van der Waals surface area contributed by atoms with E-state index >= 15 is 0 Å². The molecule has 1 aliphatic heterocycles. The van der Waals surface area contributed by atoms with Gasteiger partial charge in [-0.1, -0.05) is 6.07 Å². The molecule has 6 heteroatoms. The lowest BCUT2D eigenvalue weighted by molar-refractivity contribution is 0.127. The number of hydrogen-bond donors (Lipinski definition) is 2. The van der Waals surface area contributed by atoms with Crippen LogP contribution in [0.15, 0.2) is 30.5 Å². The van der Waals surface area contributed by atoms with E-state index in [1.165, 1.54) is 16.9 Å². The van der Waals surface area contributed by atoms with E-state index in [9.17, 15) is 4.39 Å². The normalized spacial score (nSPS) is 20.8. The molecule has 2 aromatic heterocycles. The average Bonchev–Trinajstić information content (AvgIpc) is 3.28. The number of pyridine rings is 1. The summed E-state index contributed by atoms with van der Waals surface area (Å²) in [6.07, 6.45) is 5.14. The van der Waals surface area contributed by atoms with Crippen LogP contribution < -0.4 is 11.1 Å². The molecule has 2 aromatic rings. The quantitative estimate of drug-likeness (QED) is 0.626. The minimum Gasteiger partial charge on any atom is -0.329 e. The third kappa shape index (κ3) is 4.98. The highest BCUT2D eigenvalue weighted by molar-refractivity contribution is 7.10. The molecule has 3 N–H and O–H groups in total. The van der Waals surface area contributed by atoms with Crippen LogP contribution in [0.4, 0.5) is 4.39 Å². The van der Waals surface area contributed by atoms with E-state index in [1.807, 2.05) is 19.2 Å². The van der Waals surface area contributed by atoms with Crippen LogP contribution in [-0.4, -0.2) is 42.6 Å². The summed E-state index contributed by atoms with van der Waals surface area (Å²) >= 11 is 1.27. The number of hydrogen-bond acceptors (Lipinski definition) is 5. The number of rotatable bonds is 9. The summed E-state index contributed by atoms with van der Waals surface area (Å²) in [5.74, 6) is 0. The van der Waals surface area contributed by atoms with Crippen LogP contribution in [0.1, 0.15) is 42.8 Å². The molecule has 0 saturated carbocycles. The highest BCUT2D eigenvalue weighted by Crippen LogP contribution is 2.41. The van der Waals surface area contributed by atoms with E-state index in [1.54, 1.807) is 6.07 Å². The van der Waals surface area contributed by atoms with Gasteiger partial charge in [0.25, 0.3) is 0 Å². The van der Waals surface area contributed by atoms with Crippen molar-refractivity contribution >= 4 is 11.3 Å². The molecule has 1 atom stereocenters. The Balaban J connectivity index is 1.72. The smallest absolute Gasteiger partial charge is 0.176 e. The number of aromatic nitrogens is 1. The molecule has 3 heterocycles. The van der Waals surface area contributed by atoms with Crippen molar-refractivity contribution in [3.05, 3.63) is 51.7 Å². The minimum absolute atomic E-state index is 0.0641. The Hall–Kier alpha value is -1.34. The number of halogens is 1. The first-order valence-corrected chi connectivity index (χ1v) is 11.0. The maximum atomic E-state index is 13.4. The summed E-state index contributed by atoms with van der Waals surface area (Å²) in [7, 11) is 0. The third-order valence-electron chi connectivity index (χ3n) is 6.20. The van der Waals surface area contributed by atoms with Crippen LogP contribution in [0.2, 0.25) is 0 Å². The van der Waals surface area contributed by atoms with Gasteiger partial charge in [-0.3, -0.25) is 9.88 Å². The third-order valence-corrected chi connectivity index (χ3v) is 7.13. The van der Waals surface area contributed by atoms with Crippen molar-refractivity contribution in [3.8, 4) is 0 Å². The predicted octanol–water partition coefficient (Wildman–Crippen LogP) is 3.70. The Morgan fingerprint density at radius 1 is 1.32 bits per heavy atom. The van der Waals surface area contributed by atoms with Crippen LogP contribution in [-0.2, 0) is 12.0 Å². The number of likely N-dealkylation sites (tertiary alicyclic amines) is 1. The SMILES string of the molecule is Cc1ccc(C(C)(C)N2CCC(CCc3ccc(F)s3)(CNCCN)C2)cn1. The van der Waals surface area contributed by atoms with Gasteiger partial charge >= 0.3 is 0 Å². The number of nitrogens with one attached hydrogen (secondary N) is 1. The Bertz CT molecular complexity index is 758. The van der Waals surface area contributed by atoms with Gasteiger partial charge in [0, 0.05) is 48.5 Å². The Labute approximate surface area is 172 Å². The fourth-order valence-corrected chi connectivity index (χ4v) is 4.92. The van der Waals surface area contributed by atoms with Crippen LogP contribution in [0.25, 0.3) is 0 Å². The van der Waals surface area contributed by atoms with Gasteiger partial charge in [-0.2, -0.15) is 4.39 Å². The largest absolute Gasteiger partial charge is 0.329 e. The molecule has 0 bridgehead atoms. The molecule has 1 unspecified atom stereocenters. The van der Waals surface area contributed by atoms with Gasteiger partial charge < -0.3 is 11.1 Å². The molecule has 1 saturated heterocycles. The van der Waals surface area contributed by atoms with Crippen LogP contribution >= 0.6 is 11.3 Å². The van der Waals surface area contributed by atoms with Crippen molar-refractivity contribution in [1.82, 2.24) is 15.2 Å². The molecule has 1 aliphatic rings. The zero-order valence-corrected chi connectivity index (χ0v) is 18.1. The van der Waals surface area contributed by atoms with Gasteiger partial charge in [0.2, 0.25) is 0 Å². The molecule has 3 rings (SSSR count). The van der Waals surface area contributed by atoms with Gasteiger partial charge in [0.05, 0.1) is 0 Å². The van der Waals surface area contributed by atoms with E-state index < -0.39 is 0 Å². The lowest BCUT2D eigenvalue weighted by atomic mass is 9.81. The summed E-state index contributed by atoms with van der Waals surface area (Å²) in [6, 6.07) is 7.79. The first kappa shape index (κ1) is 21.4. The van der Waals surface area contributed by atoms with Crippen LogP contribution in [0.5, 0.6) is 0 Å². The Morgan fingerprint density at radius 3 is 2.79 bits per heavy atom. The lowest BCUT2D eigenvalue weighted by Crippen LogP contribution is -2.44. The van der Waals surface area contributed by atoms with Gasteiger partial charge in [-0.05, 0) is 75.8 Å². The second-order valence-electron chi connectivity index (χ2n) is 8.59. The Morgan fingerprint density at radius 2 is 2.14 bits per heavy atom. The van der Waals surface area contributed by atoms with Gasteiger partial charge in [0.15, 0.2) is 5.13 Å². The van der Waals surface area contributed by atoms with Gasteiger partial charge in [-0.25, -0.2) is 0 Å². The molecule has 0 amide bonds. The molecule has 0 aromatic carbocycles. The second-order valence-corrected chi connectivity index (χ2v) is 9.71. The van der Waals surface area contributed by atoms with Crippen molar-refractivity contribution in [2.45, 2.75) is 45.6 Å². The monoisotopic (exact) mass is 404 g/mol. The number of aryl methyl sites for hydroxylation is 2. The molecular formula is C22H33FN4S. The maximum Gasteiger partial charge on any atom is 0.176 e. The predicted molar refractivity (Wildman–Crippen MR) is 115 cm³/mol. The first-order valence-electron chi connectivity index (χ1n) is 10.2. The molecule has 0 radical (unpaired) electrons. The van der Waals surface area contributed by atoms with Crippen molar-refractivity contribution < 1.29 is 4.39 Å². The Kier molecular flexibility index (Phi) is 6.86. The van der Waals surface area contributed by atoms with Crippen molar-refractivity contribution in [3.63, 3.8) is 0 Å². The zero-order valence-electron chi connectivity index (χ0n) is 17.3. The summed E-state index contributed by atoms with van der Waals surface area (Å²) in [4.78, 5) is 8.22. The topological polar surface area (TPSA) is 54.2 Å². The average molecular weight is 405 g/mol. The van der Waals surface area contributed by atoms with Crippen molar-refractivity contribution in [1.29, 1.82) is 0 Å². The fourth-order valence-electron chi connectivity index (χ4n) is 4.19. The van der Waals surface area contributed by atoms with Gasteiger partial charge in [-0.15, -0.1) is 11.3 Å². The lowest BCUT2D eigenvalue weighted by Gasteiger charge is -2.38. The van der Waals surface area contributed by atoms with Crippen LogP contribution in [0, 0.1) is 17.5 Å². The second kappa shape index (κ2) is 8.99. The first-order chi connectivity index (χ1) is 13.3.